The molecule has 2 N–H and O–H groups in total. The molecular weight excluding hydrogens is 307 g/mol. The van der Waals surface area contributed by atoms with Crippen LogP contribution in [0.3, 0.4) is 0 Å². The average molecular weight is 330 g/mol. The van der Waals surface area contributed by atoms with Crippen LogP contribution in [0.15, 0.2) is 0 Å². The maximum absolute atomic E-state index is 13.1. The molecule has 1 amide bonds. The Hall–Kier alpha value is -0.530. The van der Waals surface area contributed by atoms with Gasteiger partial charge in [-0.05, 0) is 12.3 Å². The largest absolute Gasteiger partial charge is 0.405 e. The molecule has 0 aromatic carbocycles. The smallest absolute Gasteiger partial charge is 0.354 e. The Morgan fingerprint density at radius 2 is 1.90 bits per heavy atom. The number of nitrogens with one attached hydrogen (secondary N) is 2. The highest BCUT2D eigenvalue weighted by atomic mass is 35.5. The number of rotatable bonds is 6. The van der Waals surface area contributed by atoms with E-state index in [-0.39, 0.29) is 24.9 Å². The van der Waals surface area contributed by atoms with Crippen LogP contribution in [0.2, 0.25) is 0 Å². The van der Waals surface area contributed by atoms with Crippen molar-refractivity contribution in [1.29, 1.82) is 0 Å². The van der Waals surface area contributed by atoms with E-state index >= 15 is 0 Å². The van der Waals surface area contributed by atoms with Crippen LogP contribution in [-0.4, -0.2) is 55.7 Å². The molecule has 0 radical (unpaired) electrons. The molecule has 0 bridgehead atoms. The number of hydrogen-bond donors (Lipinski definition) is 2. The van der Waals surface area contributed by atoms with Crippen molar-refractivity contribution in [3.63, 3.8) is 0 Å². The first-order valence-corrected chi connectivity index (χ1v) is 7.25. The lowest BCUT2D eigenvalue weighted by Gasteiger charge is -2.35. The molecule has 1 unspecified atom stereocenters. The third-order valence-corrected chi connectivity index (χ3v) is 3.94. The minimum Gasteiger partial charge on any atom is -0.354 e. The summed E-state index contributed by atoms with van der Waals surface area (Å²) in [4.78, 5) is 13.0. The van der Waals surface area contributed by atoms with Crippen LogP contribution < -0.4 is 10.6 Å². The molecule has 1 aliphatic carbocycles. The van der Waals surface area contributed by atoms with Gasteiger partial charge < -0.3 is 10.6 Å². The topological polar surface area (TPSA) is 44.4 Å². The zero-order chi connectivity index (χ0) is 14.6. The molecule has 21 heavy (non-hydrogen) atoms. The fourth-order valence-electron chi connectivity index (χ4n) is 2.49. The first kappa shape index (κ1) is 18.5. The van der Waals surface area contributed by atoms with Gasteiger partial charge in [0.1, 0.15) is 6.04 Å². The number of nitrogens with zero attached hydrogens (tertiary/aromatic N) is 1. The predicted octanol–water partition coefficient (Wildman–Crippen LogP) is 1.55. The molecule has 8 heteroatoms. The Labute approximate surface area is 129 Å². The van der Waals surface area contributed by atoms with Crippen LogP contribution in [0, 0.1) is 5.92 Å². The minimum atomic E-state index is -4.30. The third-order valence-electron chi connectivity index (χ3n) is 3.94. The minimum absolute atomic E-state index is 0. The summed E-state index contributed by atoms with van der Waals surface area (Å²) in [7, 11) is 0. The standard InChI is InChI=1S/C13H22F3N3O.ClH/c14-13(15,16)11(19-7-5-17-6-8-19)9-18-12(20)4-3-10-1-2-10;/h10-11,17H,1-9H2,(H,18,20);1H. The highest BCUT2D eigenvalue weighted by Gasteiger charge is 2.43. The van der Waals surface area contributed by atoms with Crippen molar-refractivity contribution < 1.29 is 18.0 Å². The number of carbonyl (C=O) groups excluding carboxylic acids is 1. The first-order chi connectivity index (χ1) is 9.47. The van der Waals surface area contributed by atoms with Gasteiger partial charge in [0.05, 0.1) is 0 Å². The lowest BCUT2D eigenvalue weighted by atomic mass is 10.2. The van der Waals surface area contributed by atoms with Gasteiger partial charge in [-0.1, -0.05) is 12.8 Å². The van der Waals surface area contributed by atoms with Crippen LogP contribution >= 0.6 is 12.4 Å². The van der Waals surface area contributed by atoms with Gasteiger partial charge in [0.2, 0.25) is 5.91 Å². The van der Waals surface area contributed by atoms with E-state index in [2.05, 4.69) is 10.6 Å². The predicted molar refractivity (Wildman–Crippen MR) is 76.5 cm³/mol. The van der Waals surface area contributed by atoms with Gasteiger partial charge in [-0.25, -0.2) is 0 Å². The molecule has 0 aromatic heterocycles. The second kappa shape index (κ2) is 8.19. The SMILES string of the molecule is Cl.O=C(CCC1CC1)NCC(N1CCNCC1)C(F)(F)F. The molecule has 1 aliphatic heterocycles. The van der Waals surface area contributed by atoms with Gasteiger partial charge in [-0.3, -0.25) is 9.69 Å². The summed E-state index contributed by atoms with van der Waals surface area (Å²) in [6.45, 7) is 1.50. The number of piperazine rings is 1. The number of carbonyl (C=O) groups is 1. The zero-order valence-electron chi connectivity index (χ0n) is 11.9. The van der Waals surface area contributed by atoms with Gasteiger partial charge in [-0.2, -0.15) is 13.2 Å². The van der Waals surface area contributed by atoms with Crippen LogP contribution in [0.25, 0.3) is 0 Å². The summed E-state index contributed by atoms with van der Waals surface area (Å²) in [5.41, 5.74) is 0. The Morgan fingerprint density at radius 1 is 1.29 bits per heavy atom. The van der Waals surface area contributed by atoms with Crippen molar-refractivity contribution in [2.75, 3.05) is 32.7 Å². The molecule has 1 atom stereocenters. The molecule has 1 heterocycles. The van der Waals surface area contributed by atoms with Crippen molar-refractivity contribution in [2.24, 2.45) is 5.92 Å². The molecule has 0 spiro atoms. The highest BCUT2D eigenvalue weighted by Crippen LogP contribution is 2.33. The van der Waals surface area contributed by atoms with E-state index in [9.17, 15) is 18.0 Å². The normalized spacial score (nSPS) is 21.5. The molecule has 124 valence electrons. The first-order valence-electron chi connectivity index (χ1n) is 7.25. The zero-order valence-corrected chi connectivity index (χ0v) is 12.7. The fourth-order valence-corrected chi connectivity index (χ4v) is 2.49. The van der Waals surface area contributed by atoms with Crippen molar-refractivity contribution in [3.8, 4) is 0 Å². The van der Waals surface area contributed by atoms with Crippen LogP contribution in [0.1, 0.15) is 25.7 Å². The molecule has 2 fully saturated rings. The third kappa shape index (κ3) is 6.40. The highest BCUT2D eigenvalue weighted by molar-refractivity contribution is 5.85. The van der Waals surface area contributed by atoms with Crippen molar-refractivity contribution in [1.82, 2.24) is 15.5 Å². The van der Waals surface area contributed by atoms with E-state index in [1.54, 1.807) is 0 Å². The van der Waals surface area contributed by atoms with E-state index in [0.29, 0.717) is 38.5 Å². The van der Waals surface area contributed by atoms with Crippen LogP contribution in [-0.2, 0) is 4.79 Å². The second-order valence-corrected chi connectivity index (χ2v) is 5.63. The van der Waals surface area contributed by atoms with Gasteiger partial charge in [0, 0.05) is 39.1 Å². The number of hydrogen-bond acceptors (Lipinski definition) is 3. The van der Waals surface area contributed by atoms with Gasteiger partial charge in [-0.15, -0.1) is 12.4 Å². The van der Waals surface area contributed by atoms with E-state index < -0.39 is 12.2 Å². The van der Waals surface area contributed by atoms with Crippen LogP contribution in [0.4, 0.5) is 13.2 Å². The quantitative estimate of drug-likeness (QED) is 0.777. The summed E-state index contributed by atoms with van der Waals surface area (Å²) < 4.78 is 39.2. The van der Waals surface area contributed by atoms with Gasteiger partial charge in [0.15, 0.2) is 0 Å². The fraction of sp³-hybridized carbons (Fsp3) is 0.923. The summed E-state index contributed by atoms with van der Waals surface area (Å²) in [6, 6.07) is -1.57. The lowest BCUT2D eigenvalue weighted by Crippen LogP contribution is -2.57. The molecule has 2 aliphatic rings. The van der Waals surface area contributed by atoms with E-state index in [1.165, 1.54) is 4.90 Å². The molecule has 4 nitrogen and oxygen atoms in total. The summed E-state index contributed by atoms with van der Waals surface area (Å²) in [5, 5.41) is 5.48. The van der Waals surface area contributed by atoms with E-state index in [0.717, 1.165) is 19.3 Å². The Bertz CT molecular complexity index is 331. The summed E-state index contributed by atoms with van der Waals surface area (Å²) in [6.07, 6.45) is -0.855. The maximum atomic E-state index is 13.1. The molecule has 1 saturated heterocycles. The lowest BCUT2D eigenvalue weighted by molar-refractivity contribution is -0.184. The molecule has 0 aromatic rings. The van der Waals surface area contributed by atoms with Crippen molar-refractivity contribution >= 4 is 18.3 Å². The van der Waals surface area contributed by atoms with Crippen molar-refractivity contribution in [2.45, 2.75) is 37.9 Å². The molecular formula is C13H23ClF3N3O. The maximum Gasteiger partial charge on any atom is 0.405 e. The van der Waals surface area contributed by atoms with Crippen molar-refractivity contribution in [3.05, 3.63) is 0 Å². The van der Waals surface area contributed by atoms with Crippen LogP contribution in [0.5, 0.6) is 0 Å². The average Bonchev–Trinajstić information content (AvgIpc) is 3.20. The van der Waals surface area contributed by atoms with E-state index in [4.69, 9.17) is 0 Å². The number of amides is 1. The van der Waals surface area contributed by atoms with E-state index in [1.807, 2.05) is 0 Å². The Kier molecular flexibility index (Phi) is 7.23. The number of halogens is 4. The Balaban J connectivity index is 0.00000220. The monoisotopic (exact) mass is 329 g/mol. The summed E-state index contributed by atoms with van der Waals surface area (Å²) in [5.74, 6) is 0.355. The van der Waals surface area contributed by atoms with Gasteiger partial charge >= 0.3 is 6.18 Å². The summed E-state index contributed by atoms with van der Waals surface area (Å²) >= 11 is 0. The second-order valence-electron chi connectivity index (χ2n) is 5.63. The molecule has 1 saturated carbocycles. The molecule has 2 rings (SSSR count). The Morgan fingerprint density at radius 3 is 2.43 bits per heavy atom. The number of alkyl halides is 3. The van der Waals surface area contributed by atoms with Gasteiger partial charge in [0.25, 0.3) is 0 Å².